The Morgan fingerprint density at radius 3 is 2.70 bits per heavy atom. The predicted molar refractivity (Wildman–Crippen MR) is 104 cm³/mol. The Balaban J connectivity index is 1.84. The van der Waals surface area contributed by atoms with Crippen LogP contribution >= 0.6 is 11.6 Å². The summed E-state index contributed by atoms with van der Waals surface area (Å²) in [5.41, 5.74) is -0.180. The van der Waals surface area contributed by atoms with E-state index in [1.165, 1.54) is 4.90 Å². The van der Waals surface area contributed by atoms with Crippen LogP contribution in [-0.4, -0.2) is 62.3 Å². The van der Waals surface area contributed by atoms with Gasteiger partial charge in [-0.25, -0.2) is 0 Å². The number of quaternary nitrogens is 1. The number of halogens is 1. The van der Waals surface area contributed by atoms with E-state index in [4.69, 9.17) is 16.3 Å². The van der Waals surface area contributed by atoms with Crippen LogP contribution in [0.15, 0.2) is 24.3 Å². The molecule has 0 aromatic heterocycles. The Kier molecular flexibility index (Phi) is 6.40. The minimum atomic E-state index is -0.674. The van der Waals surface area contributed by atoms with Gasteiger partial charge in [0.15, 0.2) is 0 Å². The van der Waals surface area contributed by atoms with E-state index >= 15 is 0 Å². The molecular weight excluding hydrogens is 366 g/mol. The van der Waals surface area contributed by atoms with E-state index in [9.17, 15) is 9.59 Å². The first kappa shape index (κ1) is 20.1. The highest BCUT2D eigenvalue weighted by atomic mass is 35.5. The van der Waals surface area contributed by atoms with E-state index in [-0.39, 0.29) is 18.4 Å². The molecule has 1 aromatic rings. The number of likely N-dealkylation sites (N-methyl/N-ethyl adjacent to an activating group) is 1. The smallest absolute Gasteiger partial charge is 0.256 e. The quantitative estimate of drug-likeness (QED) is 0.786. The summed E-state index contributed by atoms with van der Waals surface area (Å²) in [6, 6.07) is 6.29. The van der Waals surface area contributed by atoms with Crippen molar-refractivity contribution in [1.29, 1.82) is 0 Å². The third kappa shape index (κ3) is 4.45. The van der Waals surface area contributed by atoms with Gasteiger partial charge in [-0.05, 0) is 43.9 Å². The molecule has 2 aliphatic rings. The summed E-state index contributed by atoms with van der Waals surface area (Å²) in [5, 5.41) is 3.47. The third-order valence-electron chi connectivity index (χ3n) is 5.41. The summed E-state index contributed by atoms with van der Waals surface area (Å²) in [7, 11) is 4.08. The second kappa shape index (κ2) is 8.59. The molecule has 2 amide bonds. The SMILES string of the molecule is C[NH+](C)CCNC(=O)[C@@H]1COC2(CCCCC2)N1C(=O)c1cccc(Cl)c1. The standard InChI is InChI=1S/C20H28ClN3O3/c1-23(2)12-11-22-18(25)17-14-27-20(9-4-3-5-10-20)24(17)19(26)15-7-6-8-16(21)13-15/h6-8,13,17H,3-5,9-12,14H2,1-2H3,(H,22,25)/p+1/t17-/m0/s1. The molecule has 1 aromatic carbocycles. The molecule has 148 valence electrons. The summed E-state index contributed by atoms with van der Waals surface area (Å²) in [5.74, 6) is -0.329. The molecule has 1 saturated carbocycles. The van der Waals surface area contributed by atoms with E-state index in [1.807, 2.05) is 14.1 Å². The fourth-order valence-corrected chi connectivity index (χ4v) is 4.18. The van der Waals surface area contributed by atoms with E-state index in [1.54, 1.807) is 29.2 Å². The van der Waals surface area contributed by atoms with Crippen molar-refractivity contribution >= 4 is 23.4 Å². The van der Waals surface area contributed by atoms with E-state index in [0.29, 0.717) is 17.1 Å². The number of hydrogen-bond donors (Lipinski definition) is 2. The van der Waals surface area contributed by atoms with Crippen LogP contribution in [0.25, 0.3) is 0 Å². The van der Waals surface area contributed by atoms with E-state index in [0.717, 1.165) is 38.6 Å². The minimum absolute atomic E-state index is 0.144. The molecule has 1 aliphatic carbocycles. The summed E-state index contributed by atoms with van der Waals surface area (Å²) in [6.45, 7) is 1.64. The molecule has 2 fully saturated rings. The fourth-order valence-electron chi connectivity index (χ4n) is 3.99. The summed E-state index contributed by atoms with van der Waals surface area (Å²) < 4.78 is 6.13. The number of nitrogens with one attached hydrogen (secondary N) is 2. The molecule has 0 bridgehead atoms. The van der Waals surface area contributed by atoms with Crippen molar-refractivity contribution < 1.29 is 19.2 Å². The van der Waals surface area contributed by atoms with Gasteiger partial charge in [0, 0.05) is 10.6 Å². The first-order valence-corrected chi connectivity index (χ1v) is 10.1. The predicted octanol–water partition coefficient (Wildman–Crippen LogP) is 1.10. The number of amides is 2. The van der Waals surface area contributed by atoms with Crippen LogP contribution in [0.2, 0.25) is 5.02 Å². The molecule has 2 N–H and O–H groups in total. The Morgan fingerprint density at radius 1 is 1.30 bits per heavy atom. The highest BCUT2D eigenvalue weighted by molar-refractivity contribution is 6.31. The molecule has 27 heavy (non-hydrogen) atoms. The average Bonchev–Trinajstić information content (AvgIpc) is 3.00. The summed E-state index contributed by atoms with van der Waals surface area (Å²) >= 11 is 6.09. The summed E-state index contributed by atoms with van der Waals surface area (Å²) in [4.78, 5) is 29.2. The Bertz CT molecular complexity index is 689. The van der Waals surface area contributed by atoms with Crippen LogP contribution in [0.3, 0.4) is 0 Å². The third-order valence-corrected chi connectivity index (χ3v) is 5.65. The van der Waals surface area contributed by atoms with Gasteiger partial charge in [0.05, 0.1) is 33.8 Å². The number of carbonyl (C=O) groups excluding carboxylic acids is 2. The van der Waals surface area contributed by atoms with Crippen molar-refractivity contribution in [1.82, 2.24) is 10.2 Å². The molecule has 3 rings (SSSR count). The first-order valence-electron chi connectivity index (χ1n) is 9.73. The van der Waals surface area contributed by atoms with Crippen LogP contribution in [0.1, 0.15) is 42.5 Å². The van der Waals surface area contributed by atoms with Crippen molar-refractivity contribution in [3.8, 4) is 0 Å². The lowest BCUT2D eigenvalue weighted by Gasteiger charge is -2.41. The Morgan fingerprint density at radius 2 is 2.04 bits per heavy atom. The molecule has 1 saturated heterocycles. The molecule has 7 heteroatoms. The number of rotatable bonds is 5. The van der Waals surface area contributed by atoms with Gasteiger partial charge in [0.1, 0.15) is 11.8 Å². The van der Waals surface area contributed by atoms with Crippen molar-refractivity contribution in [2.75, 3.05) is 33.8 Å². The summed E-state index contributed by atoms with van der Waals surface area (Å²) in [6.07, 6.45) is 4.66. The van der Waals surface area contributed by atoms with Gasteiger partial charge in [-0.3, -0.25) is 14.5 Å². The number of carbonyl (C=O) groups is 2. The number of hydrogen-bond acceptors (Lipinski definition) is 3. The molecule has 1 spiro atoms. The highest BCUT2D eigenvalue weighted by Crippen LogP contribution is 2.41. The molecular formula is C20H29ClN3O3+. The Hall–Kier alpha value is -1.63. The van der Waals surface area contributed by atoms with Crippen molar-refractivity contribution in [2.24, 2.45) is 0 Å². The van der Waals surface area contributed by atoms with E-state index < -0.39 is 11.8 Å². The maximum Gasteiger partial charge on any atom is 0.256 e. The lowest BCUT2D eigenvalue weighted by atomic mass is 9.89. The minimum Gasteiger partial charge on any atom is -0.353 e. The van der Waals surface area contributed by atoms with Gasteiger partial charge in [-0.1, -0.05) is 24.1 Å². The van der Waals surface area contributed by atoms with Gasteiger partial charge in [0.25, 0.3) is 5.91 Å². The second-order valence-electron chi connectivity index (χ2n) is 7.77. The normalized spacial score (nSPS) is 21.6. The lowest BCUT2D eigenvalue weighted by Crippen LogP contribution is -3.06. The monoisotopic (exact) mass is 394 g/mol. The average molecular weight is 395 g/mol. The molecule has 1 aliphatic heterocycles. The van der Waals surface area contributed by atoms with Crippen LogP contribution in [0.4, 0.5) is 0 Å². The van der Waals surface area contributed by atoms with Crippen LogP contribution < -0.4 is 10.2 Å². The molecule has 1 heterocycles. The van der Waals surface area contributed by atoms with Crippen LogP contribution in [0.5, 0.6) is 0 Å². The van der Waals surface area contributed by atoms with Gasteiger partial charge in [0.2, 0.25) is 5.91 Å². The zero-order valence-electron chi connectivity index (χ0n) is 16.1. The molecule has 0 radical (unpaired) electrons. The lowest BCUT2D eigenvalue weighted by molar-refractivity contribution is -0.856. The molecule has 1 atom stereocenters. The fraction of sp³-hybridized carbons (Fsp3) is 0.600. The van der Waals surface area contributed by atoms with Gasteiger partial charge in [-0.15, -0.1) is 0 Å². The number of benzene rings is 1. The van der Waals surface area contributed by atoms with Crippen molar-refractivity contribution in [2.45, 2.75) is 43.9 Å². The zero-order chi connectivity index (χ0) is 19.4. The van der Waals surface area contributed by atoms with Gasteiger partial charge in [-0.2, -0.15) is 0 Å². The molecule has 6 nitrogen and oxygen atoms in total. The number of nitrogens with zero attached hydrogens (tertiary/aromatic N) is 1. The van der Waals surface area contributed by atoms with Crippen molar-refractivity contribution in [3.63, 3.8) is 0 Å². The second-order valence-corrected chi connectivity index (χ2v) is 8.20. The number of ether oxygens (including phenoxy) is 1. The topological polar surface area (TPSA) is 63.1 Å². The van der Waals surface area contributed by atoms with Gasteiger partial charge < -0.3 is 15.0 Å². The van der Waals surface area contributed by atoms with Gasteiger partial charge >= 0.3 is 0 Å². The van der Waals surface area contributed by atoms with Crippen LogP contribution in [-0.2, 0) is 9.53 Å². The van der Waals surface area contributed by atoms with Crippen LogP contribution in [0, 0.1) is 0 Å². The van der Waals surface area contributed by atoms with E-state index in [2.05, 4.69) is 5.32 Å². The maximum absolute atomic E-state index is 13.4. The molecule has 0 unspecified atom stereocenters. The zero-order valence-corrected chi connectivity index (χ0v) is 16.8. The van der Waals surface area contributed by atoms with Crippen molar-refractivity contribution in [3.05, 3.63) is 34.9 Å². The largest absolute Gasteiger partial charge is 0.353 e. The highest BCUT2D eigenvalue weighted by Gasteiger charge is 2.52. The maximum atomic E-state index is 13.4. The Labute approximate surface area is 165 Å². The first-order chi connectivity index (χ1) is 12.9.